The predicted octanol–water partition coefficient (Wildman–Crippen LogP) is 3.43. The van der Waals surface area contributed by atoms with Crippen LogP contribution in [0.4, 0.5) is 0 Å². The van der Waals surface area contributed by atoms with Gasteiger partial charge in [-0.3, -0.25) is 0 Å². The molecule has 0 saturated heterocycles. The van der Waals surface area contributed by atoms with Crippen molar-refractivity contribution in [3.05, 3.63) is 52.6 Å². The van der Waals surface area contributed by atoms with Crippen LogP contribution in [0.2, 0.25) is 0 Å². The molecule has 2 aromatic heterocycles. The molecule has 0 unspecified atom stereocenters. The first-order valence-corrected chi connectivity index (χ1v) is 7.91. The van der Waals surface area contributed by atoms with E-state index in [1.54, 1.807) is 11.3 Å². The van der Waals surface area contributed by atoms with Crippen molar-refractivity contribution in [2.45, 2.75) is 25.8 Å². The number of nitrogens with two attached hydrogens (primary N) is 1. The Bertz CT molecular complexity index is 670. The molecule has 3 rings (SSSR count). The molecule has 0 fully saturated rings. The first-order chi connectivity index (χ1) is 9.88. The first-order valence-electron chi connectivity index (χ1n) is 7.03. The third-order valence-corrected chi connectivity index (χ3v) is 4.32. The van der Waals surface area contributed by atoms with Crippen LogP contribution in [-0.2, 0) is 13.0 Å². The molecule has 3 aromatic rings. The third-order valence-electron chi connectivity index (χ3n) is 3.56. The van der Waals surface area contributed by atoms with E-state index in [2.05, 4.69) is 40.0 Å². The van der Waals surface area contributed by atoms with Gasteiger partial charge in [-0.1, -0.05) is 18.2 Å². The van der Waals surface area contributed by atoms with Gasteiger partial charge in [-0.2, -0.15) is 0 Å². The van der Waals surface area contributed by atoms with E-state index in [4.69, 9.17) is 5.73 Å². The van der Waals surface area contributed by atoms with Gasteiger partial charge in [0.05, 0.1) is 6.54 Å². The summed E-state index contributed by atoms with van der Waals surface area (Å²) in [6, 6.07) is 8.62. The molecule has 0 aliphatic rings. The fourth-order valence-electron chi connectivity index (χ4n) is 2.59. The lowest BCUT2D eigenvalue weighted by molar-refractivity contribution is 0.741. The van der Waals surface area contributed by atoms with Crippen molar-refractivity contribution >= 4 is 22.2 Å². The van der Waals surface area contributed by atoms with Crippen LogP contribution in [0, 0.1) is 0 Å². The second kappa shape index (κ2) is 6.20. The number of rotatable bonds is 6. The zero-order valence-electron chi connectivity index (χ0n) is 11.5. The average molecular weight is 285 g/mol. The Morgan fingerprint density at radius 3 is 2.90 bits per heavy atom. The fraction of sp³-hybridized carbons (Fsp3) is 0.312. The average Bonchev–Trinajstić information content (AvgIpc) is 3.09. The summed E-state index contributed by atoms with van der Waals surface area (Å²) in [5, 5.41) is 4.55. The highest BCUT2D eigenvalue weighted by atomic mass is 32.1. The van der Waals surface area contributed by atoms with Gasteiger partial charge in [-0.15, -0.1) is 11.3 Å². The standard InChI is InChI=1S/C16H19N3S/c17-8-4-3-5-13-11-19(12-16-18-9-10-20-16)15-7-2-1-6-14(13)15/h1-2,6-7,9-11H,3-5,8,12,17H2. The number of nitrogens with zero attached hydrogens (tertiary/aromatic N) is 2. The summed E-state index contributed by atoms with van der Waals surface area (Å²) in [6.07, 6.45) is 7.49. The van der Waals surface area contributed by atoms with Crippen molar-refractivity contribution in [1.29, 1.82) is 0 Å². The summed E-state index contributed by atoms with van der Waals surface area (Å²) >= 11 is 1.71. The second-order valence-electron chi connectivity index (χ2n) is 4.97. The summed E-state index contributed by atoms with van der Waals surface area (Å²) in [4.78, 5) is 4.38. The number of hydrogen-bond donors (Lipinski definition) is 1. The molecule has 0 bridgehead atoms. The van der Waals surface area contributed by atoms with Crippen molar-refractivity contribution in [2.75, 3.05) is 6.54 Å². The topological polar surface area (TPSA) is 43.8 Å². The maximum absolute atomic E-state index is 5.59. The molecule has 1 aromatic carbocycles. The molecule has 0 aliphatic heterocycles. The molecule has 0 saturated carbocycles. The molecule has 2 heterocycles. The van der Waals surface area contributed by atoms with Gasteiger partial charge in [0.1, 0.15) is 5.01 Å². The van der Waals surface area contributed by atoms with Crippen LogP contribution in [0.25, 0.3) is 10.9 Å². The zero-order chi connectivity index (χ0) is 13.8. The minimum atomic E-state index is 0.776. The maximum atomic E-state index is 5.59. The molecule has 0 spiro atoms. The highest BCUT2D eigenvalue weighted by Gasteiger charge is 2.08. The number of fused-ring (bicyclic) bond motifs is 1. The minimum absolute atomic E-state index is 0.776. The van der Waals surface area contributed by atoms with Gasteiger partial charge in [0.25, 0.3) is 0 Å². The molecule has 20 heavy (non-hydrogen) atoms. The van der Waals surface area contributed by atoms with Crippen LogP contribution in [0.1, 0.15) is 23.4 Å². The third kappa shape index (κ3) is 2.76. The van der Waals surface area contributed by atoms with Gasteiger partial charge < -0.3 is 10.3 Å². The Morgan fingerprint density at radius 2 is 2.10 bits per heavy atom. The van der Waals surface area contributed by atoms with E-state index in [9.17, 15) is 0 Å². The summed E-state index contributed by atoms with van der Waals surface area (Å²) in [5.74, 6) is 0. The first kappa shape index (κ1) is 13.3. The van der Waals surface area contributed by atoms with Crippen LogP contribution in [0.5, 0.6) is 0 Å². The van der Waals surface area contributed by atoms with Crippen molar-refractivity contribution in [3.8, 4) is 0 Å². The number of unbranched alkanes of at least 4 members (excludes halogenated alkanes) is 1. The quantitative estimate of drug-likeness (QED) is 0.705. The van der Waals surface area contributed by atoms with Crippen molar-refractivity contribution in [3.63, 3.8) is 0 Å². The summed E-state index contributed by atoms with van der Waals surface area (Å²) in [5.41, 5.74) is 8.31. The van der Waals surface area contributed by atoms with E-state index in [1.165, 1.54) is 16.5 Å². The lowest BCUT2D eigenvalue weighted by atomic mass is 10.1. The van der Waals surface area contributed by atoms with E-state index in [1.807, 2.05) is 11.6 Å². The van der Waals surface area contributed by atoms with E-state index >= 15 is 0 Å². The van der Waals surface area contributed by atoms with E-state index in [0.717, 1.165) is 37.4 Å². The van der Waals surface area contributed by atoms with Gasteiger partial charge in [0.2, 0.25) is 0 Å². The largest absolute Gasteiger partial charge is 0.340 e. The number of thiazole rings is 1. The van der Waals surface area contributed by atoms with Crippen LogP contribution in [0.3, 0.4) is 0 Å². The normalized spacial score (nSPS) is 11.2. The molecule has 2 N–H and O–H groups in total. The Balaban J connectivity index is 1.91. The minimum Gasteiger partial charge on any atom is -0.340 e. The van der Waals surface area contributed by atoms with Gasteiger partial charge in [-0.05, 0) is 37.4 Å². The molecule has 0 amide bonds. The van der Waals surface area contributed by atoms with E-state index in [0.29, 0.717) is 0 Å². The summed E-state index contributed by atoms with van der Waals surface area (Å²) in [7, 11) is 0. The summed E-state index contributed by atoms with van der Waals surface area (Å²) < 4.78 is 2.31. The van der Waals surface area contributed by atoms with Crippen molar-refractivity contribution < 1.29 is 0 Å². The molecule has 0 aliphatic carbocycles. The fourth-order valence-corrected chi connectivity index (χ4v) is 3.20. The molecule has 3 nitrogen and oxygen atoms in total. The summed E-state index contributed by atoms with van der Waals surface area (Å²) in [6.45, 7) is 1.63. The molecule has 0 radical (unpaired) electrons. The van der Waals surface area contributed by atoms with Crippen LogP contribution >= 0.6 is 11.3 Å². The van der Waals surface area contributed by atoms with Gasteiger partial charge >= 0.3 is 0 Å². The van der Waals surface area contributed by atoms with Crippen molar-refractivity contribution in [1.82, 2.24) is 9.55 Å². The Hall–Kier alpha value is -1.65. The highest BCUT2D eigenvalue weighted by molar-refractivity contribution is 7.09. The van der Waals surface area contributed by atoms with E-state index < -0.39 is 0 Å². The lowest BCUT2D eigenvalue weighted by Gasteiger charge is -2.01. The van der Waals surface area contributed by atoms with E-state index in [-0.39, 0.29) is 0 Å². The van der Waals surface area contributed by atoms with Gasteiger partial charge in [-0.25, -0.2) is 4.98 Å². The molecular formula is C16H19N3S. The number of aryl methyl sites for hydroxylation is 1. The smallest absolute Gasteiger partial charge is 0.112 e. The molecule has 104 valence electrons. The molecule has 0 atom stereocenters. The van der Waals surface area contributed by atoms with Crippen LogP contribution in [-0.4, -0.2) is 16.1 Å². The SMILES string of the molecule is NCCCCc1cn(Cc2nccs2)c2ccccc12. The Morgan fingerprint density at radius 1 is 1.20 bits per heavy atom. The van der Waals surface area contributed by atoms with Crippen LogP contribution in [0.15, 0.2) is 42.0 Å². The molecular weight excluding hydrogens is 266 g/mol. The zero-order valence-corrected chi connectivity index (χ0v) is 12.3. The predicted molar refractivity (Wildman–Crippen MR) is 85.1 cm³/mol. The number of benzene rings is 1. The van der Waals surface area contributed by atoms with Crippen LogP contribution < -0.4 is 5.73 Å². The number of hydrogen-bond acceptors (Lipinski definition) is 3. The lowest BCUT2D eigenvalue weighted by Crippen LogP contribution is -1.99. The number of aromatic nitrogens is 2. The second-order valence-corrected chi connectivity index (χ2v) is 5.95. The van der Waals surface area contributed by atoms with Gasteiger partial charge in [0, 0.05) is 28.7 Å². The Kier molecular flexibility index (Phi) is 4.14. The van der Waals surface area contributed by atoms with Crippen molar-refractivity contribution in [2.24, 2.45) is 5.73 Å². The highest BCUT2D eigenvalue weighted by Crippen LogP contribution is 2.24. The molecule has 4 heteroatoms. The Labute approximate surface area is 123 Å². The monoisotopic (exact) mass is 285 g/mol. The maximum Gasteiger partial charge on any atom is 0.112 e. The number of para-hydroxylation sites is 1. The van der Waals surface area contributed by atoms with Gasteiger partial charge in [0.15, 0.2) is 0 Å².